The predicted molar refractivity (Wildman–Crippen MR) is 53.8 cm³/mol. The molecule has 1 aliphatic rings. The highest BCUT2D eigenvalue weighted by atomic mass is 19.1. The minimum Gasteiger partial charge on any atom is -0.388 e. The second-order valence-electron chi connectivity index (χ2n) is 3.94. The molecule has 1 aromatic carbocycles. The quantitative estimate of drug-likeness (QED) is 0.784. The van der Waals surface area contributed by atoms with Gasteiger partial charge in [-0.15, -0.1) is 0 Å². The zero-order valence-electron chi connectivity index (χ0n) is 8.12. The van der Waals surface area contributed by atoms with Crippen LogP contribution < -0.4 is 0 Å². The van der Waals surface area contributed by atoms with Gasteiger partial charge in [0.15, 0.2) is 0 Å². The van der Waals surface area contributed by atoms with Crippen molar-refractivity contribution in [2.45, 2.75) is 25.4 Å². The van der Waals surface area contributed by atoms with Gasteiger partial charge in [0.2, 0.25) is 0 Å². The first kappa shape index (κ1) is 9.66. The van der Waals surface area contributed by atoms with E-state index in [2.05, 4.69) is 0 Å². The summed E-state index contributed by atoms with van der Waals surface area (Å²) in [6.45, 7) is -0.278. The third kappa shape index (κ3) is 1.67. The summed E-state index contributed by atoms with van der Waals surface area (Å²) in [5, 5.41) is 9.95. The number of rotatable bonds is 3. The molecule has 0 fully saturated rings. The van der Waals surface area contributed by atoms with Gasteiger partial charge in [-0.2, -0.15) is 0 Å². The molecule has 1 nitrogen and oxygen atoms in total. The lowest BCUT2D eigenvalue weighted by molar-refractivity contribution is 0.115. The second-order valence-corrected chi connectivity index (χ2v) is 3.94. The molecule has 0 amide bonds. The van der Waals surface area contributed by atoms with Crippen molar-refractivity contribution in [2.75, 3.05) is 6.67 Å². The monoisotopic (exact) mass is 194 g/mol. The average molecular weight is 194 g/mol. The molecule has 1 aliphatic carbocycles. The third-order valence-corrected chi connectivity index (χ3v) is 3.01. The molecule has 2 unspecified atom stereocenters. The number of aliphatic hydroxyl groups is 1. The smallest absolute Gasteiger partial charge is 0.0894 e. The van der Waals surface area contributed by atoms with E-state index in [1.165, 1.54) is 5.56 Å². The van der Waals surface area contributed by atoms with Crippen LogP contribution in [0, 0.1) is 5.92 Å². The van der Waals surface area contributed by atoms with Crippen LogP contribution >= 0.6 is 0 Å². The standard InChI is InChI=1S/C12H15FO/c13-7-3-5-10-8-9-4-1-2-6-11(9)12(10)14/h1-2,4,6,10,12,14H,3,5,7-8H2. The molecule has 2 heteroatoms. The van der Waals surface area contributed by atoms with Gasteiger partial charge < -0.3 is 5.11 Å². The molecule has 0 saturated heterocycles. The molecule has 0 spiro atoms. The van der Waals surface area contributed by atoms with Crippen molar-refractivity contribution in [1.29, 1.82) is 0 Å². The maximum absolute atomic E-state index is 12.0. The van der Waals surface area contributed by atoms with Crippen LogP contribution in [0.2, 0.25) is 0 Å². The molecule has 0 aliphatic heterocycles. The number of hydrogen-bond acceptors (Lipinski definition) is 1. The van der Waals surface area contributed by atoms with Gasteiger partial charge >= 0.3 is 0 Å². The van der Waals surface area contributed by atoms with Gasteiger partial charge in [0.05, 0.1) is 12.8 Å². The highest BCUT2D eigenvalue weighted by molar-refractivity contribution is 5.34. The van der Waals surface area contributed by atoms with E-state index in [1.54, 1.807) is 0 Å². The number of fused-ring (bicyclic) bond motifs is 1. The molecular formula is C12H15FO. The first-order valence-electron chi connectivity index (χ1n) is 5.14. The van der Waals surface area contributed by atoms with Crippen LogP contribution in [0.5, 0.6) is 0 Å². The van der Waals surface area contributed by atoms with Crippen LogP contribution in [-0.2, 0) is 6.42 Å². The zero-order valence-corrected chi connectivity index (χ0v) is 8.12. The summed E-state index contributed by atoms with van der Waals surface area (Å²) in [6, 6.07) is 7.95. The van der Waals surface area contributed by atoms with Crippen LogP contribution in [0.25, 0.3) is 0 Å². The summed E-state index contributed by atoms with van der Waals surface area (Å²) in [6.07, 6.45) is 1.87. The van der Waals surface area contributed by atoms with Gasteiger partial charge in [-0.05, 0) is 36.3 Å². The lowest BCUT2D eigenvalue weighted by Gasteiger charge is -2.13. The maximum Gasteiger partial charge on any atom is 0.0894 e. The molecule has 1 N–H and O–H groups in total. The number of aliphatic hydroxyl groups excluding tert-OH is 1. The Kier molecular flexibility index (Phi) is 2.82. The molecule has 0 heterocycles. The number of hydrogen-bond donors (Lipinski definition) is 1. The first-order valence-corrected chi connectivity index (χ1v) is 5.14. The van der Waals surface area contributed by atoms with Gasteiger partial charge in [0, 0.05) is 0 Å². The van der Waals surface area contributed by atoms with Crippen molar-refractivity contribution < 1.29 is 9.50 Å². The van der Waals surface area contributed by atoms with Gasteiger partial charge in [0.25, 0.3) is 0 Å². The summed E-state index contributed by atoms with van der Waals surface area (Å²) < 4.78 is 12.0. The van der Waals surface area contributed by atoms with E-state index in [9.17, 15) is 9.50 Å². The van der Waals surface area contributed by atoms with E-state index in [1.807, 2.05) is 24.3 Å². The van der Waals surface area contributed by atoms with Crippen LogP contribution in [0.3, 0.4) is 0 Å². The van der Waals surface area contributed by atoms with Crippen LogP contribution in [0.15, 0.2) is 24.3 Å². The van der Waals surface area contributed by atoms with E-state index >= 15 is 0 Å². The van der Waals surface area contributed by atoms with Crippen molar-refractivity contribution in [3.8, 4) is 0 Å². The molecule has 2 rings (SSSR count). The molecule has 2 atom stereocenters. The Morgan fingerprint density at radius 1 is 1.36 bits per heavy atom. The maximum atomic E-state index is 12.0. The Balaban J connectivity index is 2.09. The predicted octanol–water partition coefficient (Wildman–Crippen LogP) is 2.64. The average Bonchev–Trinajstić information content (AvgIpc) is 2.54. The highest BCUT2D eigenvalue weighted by Crippen LogP contribution is 2.38. The van der Waals surface area contributed by atoms with E-state index in [0.717, 1.165) is 18.4 Å². The topological polar surface area (TPSA) is 20.2 Å². The van der Waals surface area contributed by atoms with Gasteiger partial charge in [0.1, 0.15) is 0 Å². The van der Waals surface area contributed by atoms with Crippen molar-refractivity contribution in [3.05, 3.63) is 35.4 Å². The number of benzene rings is 1. The van der Waals surface area contributed by atoms with Crippen molar-refractivity contribution in [2.24, 2.45) is 5.92 Å². The molecule has 0 bridgehead atoms. The van der Waals surface area contributed by atoms with Crippen molar-refractivity contribution in [1.82, 2.24) is 0 Å². The zero-order chi connectivity index (χ0) is 9.97. The van der Waals surface area contributed by atoms with Crippen molar-refractivity contribution in [3.63, 3.8) is 0 Å². The Hall–Kier alpha value is -0.890. The first-order chi connectivity index (χ1) is 6.83. The van der Waals surface area contributed by atoms with Crippen LogP contribution in [0.1, 0.15) is 30.1 Å². The fourth-order valence-corrected chi connectivity index (χ4v) is 2.26. The molecule has 0 radical (unpaired) electrons. The van der Waals surface area contributed by atoms with Gasteiger partial charge in [-0.25, -0.2) is 0 Å². The highest BCUT2D eigenvalue weighted by Gasteiger charge is 2.29. The molecule has 14 heavy (non-hydrogen) atoms. The Bertz CT molecular complexity index is 311. The fourth-order valence-electron chi connectivity index (χ4n) is 2.26. The Morgan fingerprint density at radius 2 is 2.14 bits per heavy atom. The van der Waals surface area contributed by atoms with E-state index in [-0.39, 0.29) is 18.7 Å². The minimum atomic E-state index is -0.377. The van der Waals surface area contributed by atoms with E-state index in [4.69, 9.17) is 0 Å². The summed E-state index contributed by atoms with van der Waals surface area (Å²) in [5.41, 5.74) is 2.26. The molecular weight excluding hydrogens is 179 g/mol. The fraction of sp³-hybridized carbons (Fsp3) is 0.500. The second kappa shape index (κ2) is 4.09. The van der Waals surface area contributed by atoms with Crippen LogP contribution in [0.4, 0.5) is 4.39 Å². The summed E-state index contributed by atoms with van der Waals surface area (Å²) in [4.78, 5) is 0. The van der Waals surface area contributed by atoms with Crippen LogP contribution in [-0.4, -0.2) is 11.8 Å². The Morgan fingerprint density at radius 3 is 2.86 bits per heavy atom. The number of halogens is 1. The lowest BCUT2D eigenvalue weighted by Crippen LogP contribution is -2.07. The lowest BCUT2D eigenvalue weighted by atomic mass is 9.98. The van der Waals surface area contributed by atoms with E-state index < -0.39 is 0 Å². The largest absolute Gasteiger partial charge is 0.388 e. The number of alkyl halides is 1. The minimum absolute atomic E-state index is 0.225. The normalized spacial score (nSPS) is 25.0. The summed E-state index contributed by atoms with van der Waals surface area (Å²) in [5.74, 6) is 0.225. The van der Waals surface area contributed by atoms with Gasteiger partial charge in [-0.3, -0.25) is 4.39 Å². The van der Waals surface area contributed by atoms with E-state index in [0.29, 0.717) is 6.42 Å². The molecule has 76 valence electrons. The molecule has 0 saturated carbocycles. The molecule has 1 aromatic rings. The summed E-state index contributed by atoms with van der Waals surface area (Å²) >= 11 is 0. The third-order valence-electron chi connectivity index (χ3n) is 3.01. The summed E-state index contributed by atoms with van der Waals surface area (Å²) in [7, 11) is 0. The SMILES string of the molecule is OC1c2ccccc2CC1CCCF. The van der Waals surface area contributed by atoms with Crippen molar-refractivity contribution >= 4 is 0 Å². The Labute approximate surface area is 83.6 Å². The molecule has 0 aromatic heterocycles. The van der Waals surface area contributed by atoms with Gasteiger partial charge in [-0.1, -0.05) is 24.3 Å².